The molecule has 0 bridgehead atoms. The second-order valence-electron chi connectivity index (χ2n) is 5.55. The molecule has 0 spiro atoms. The van der Waals surface area contributed by atoms with E-state index in [4.69, 9.17) is 0 Å². The van der Waals surface area contributed by atoms with Gasteiger partial charge in [0.05, 0.1) is 5.92 Å². The van der Waals surface area contributed by atoms with Gasteiger partial charge in [0.1, 0.15) is 0 Å². The maximum atomic E-state index is 12.2. The van der Waals surface area contributed by atoms with E-state index in [0.717, 1.165) is 19.4 Å². The Hall–Kier alpha value is -1.35. The molecule has 0 radical (unpaired) electrons. The summed E-state index contributed by atoms with van der Waals surface area (Å²) in [4.78, 5) is 12.2. The van der Waals surface area contributed by atoms with Crippen LogP contribution in [0.25, 0.3) is 0 Å². The Morgan fingerprint density at radius 3 is 2.84 bits per heavy atom. The number of amides is 1. The predicted octanol–water partition coefficient (Wildman–Crippen LogP) is 2.29. The molecule has 3 nitrogen and oxygen atoms in total. The van der Waals surface area contributed by atoms with Crippen molar-refractivity contribution in [3.63, 3.8) is 0 Å². The molecule has 0 aromatic heterocycles. The molecule has 1 aliphatic rings. The van der Waals surface area contributed by atoms with Crippen molar-refractivity contribution in [1.29, 1.82) is 0 Å². The molecule has 19 heavy (non-hydrogen) atoms. The molecule has 3 atom stereocenters. The van der Waals surface area contributed by atoms with Crippen LogP contribution in [0.4, 0.5) is 0 Å². The van der Waals surface area contributed by atoms with E-state index in [9.17, 15) is 4.79 Å². The Labute approximate surface area is 115 Å². The lowest BCUT2D eigenvalue weighted by Gasteiger charge is -2.29. The van der Waals surface area contributed by atoms with Gasteiger partial charge in [0.2, 0.25) is 5.91 Å². The molecule has 0 aliphatic carbocycles. The largest absolute Gasteiger partial charge is 0.355 e. The number of piperidine rings is 1. The zero-order valence-electron chi connectivity index (χ0n) is 11.9. The van der Waals surface area contributed by atoms with E-state index in [2.05, 4.69) is 36.6 Å². The van der Waals surface area contributed by atoms with Gasteiger partial charge in [-0.25, -0.2) is 0 Å². The fourth-order valence-electron chi connectivity index (χ4n) is 2.69. The van der Waals surface area contributed by atoms with Crippen molar-refractivity contribution in [2.75, 3.05) is 13.1 Å². The monoisotopic (exact) mass is 260 g/mol. The summed E-state index contributed by atoms with van der Waals surface area (Å²) in [6.45, 7) is 6.00. The Balaban J connectivity index is 1.83. The first-order valence-electron chi connectivity index (χ1n) is 7.24. The molecule has 1 fully saturated rings. The first-order valence-corrected chi connectivity index (χ1v) is 7.24. The number of nitrogens with one attached hydrogen (secondary N) is 2. The minimum atomic E-state index is 0.122. The van der Waals surface area contributed by atoms with Crippen molar-refractivity contribution in [3.8, 4) is 0 Å². The summed E-state index contributed by atoms with van der Waals surface area (Å²) in [5.74, 6) is 0.677. The number of carbonyl (C=O) groups excluding carboxylic acids is 1. The van der Waals surface area contributed by atoms with Crippen LogP contribution in [0.15, 0.2) is 30.3 Å². The zero-order valence-corrected chi connectivity index (χ0v) is 11.9. The Morgan fingerprint density at radius 2 is 2.16 bits per heavy atom. The SMILES string of the molecule is CC(CNC(=O)C1CCCNC1C)c1ccccc1. The molecule has 1 heterocycles. The Morgan fingerprint density at radius 1 is 1.42 bits per heavy atom. The highest BCUT2D eigenvalue weighted by Crippen LogP contribution is 2.17. The lowest BCUT2D eigenvalue weighted by atomic mass is 9.91. The summed E-state index contributed by atoms with van der Waals surface area (Å²) in [7, 11) is 0. The third-order valence-electron chi connectivity index (χ3n) is 4.05. The van der Waals surface area contributed by atoms with Gasteiger partial charge in [0.15, 0.2) is 0 Å². The molecule has 2 N–H and O–H groups in total. The smallest absolute Gasteiger partial charge is 0.224 e. The molecule has 2 rings (SSSR count). The van der Waals surface area contributed by atoms with Crippen molar-refractivity contribution in [1.82, 2.24) is 10.6 Å². The predicted molar refractivity (Wildman–Crippen MR) is 78.1 cm³/mol. The van der Waals surface area contributed by atoms with Gasteiger partial charge in [-0.05, 0) is 37.8 Å². The van der Waals surface area contributed by atoms with Gasteiger partial charge in [-0.3, -0.25) is 4.79 Å². The summed E-state index contributed by atoms with van der Waals surface area (Å²) in [6, 6.07) is 10.6. The van der Waals surface area contributed by atoms with Gasteiger partial charge in [-0.1, -0.05) is 37.3 Å². The van der Waals surface area contributed by atoms with Crippen LogP contribution in [0.3, 0.4) is 0 Å². The van der Waals surface area contributed by atoms with Gasteiger partial charge in [-0.2, -0.15) is 0 Å². The van der Waals surface area contributed by atoms with Crippen LogP contribution in [0, 0.1) is 5.92 Å². The van der Waals surface area contributed by atoms with Crippen molar-refractivity contribution >= 4 is 5.91 Å². The van der Waals surface area contributed by atoms with E-state index in [1.165, 1.54) is 5.56 Å². The van der Waals surface area contributed by atoms with E-state index >= 15 is 0 Å². The number of hydrogen-bond acceptors (Lipinski definition) is 2. The van der Waals surface area contributed by atoms with E-state index in [1.54, 1.807) is 0 Å². The van der Waals surface area contributed by atoms with Gasteiger partial charge in [-0.15, -0.1) is 0 Å². The molecule has 1 amide bonds. The number of rotatable bonds is 4. The summed E-state index contributed by atoms with van der Waals surface area (Å²) < 4.78 is 0. The second-order valence-corrected chi connectivity index (χ2v) is 5.55. The molecule has 3 heteroatoms. The average molecular weight is 260 g/mol. The molecular formula is C16H24N2O. The summed E-state index contributed by atoms with van der Waals surface area (Å²) >= 11 is 0. The number of hydrogen-bond donors (Lipinski definition) is 2. The molecule has 104 valence electrons. The van der Waals surface area contributed by atoms with E-state index < -0.39 is 0 Å². The first-order chi connectivity index (χ1) is 9.18. The maximum Gasteiger partial charge on any atom is 0.224 e. The Bertz CT molecular complexity index is 404. The highest BCUT2D eigenvalue weighted by Gasteiger charge is 2.27. The lowest BCUT2D eigenvalue weighted by molar-refractivity contribution is -0.126. The highest BCUT2D eigenvalue weighted by molar-refractivity contribution is 5.79. The topological polar surface area (TPSA) is 41.1 Å². The van der Waals surface area contributed by atoms with Crippen LogP contribution >= 0.6 is 0 Å². The normalized spacial score (nSPS) is 24.7. The van der Waals surface area contributed by atoms with Crippen molar-refractivity contribution < 1.29 is 4.79 Å². The molecule has 3 unspecified atom stereocenters. The van der Waals surface area contributed by atoms with Crippen LogP contribution in [-0.4, -0.2) is 25.0 Å². The minimum absolute atomic E-state index is 0.122. The minimum Gasteiger partial charge on any atom is -0.355 e. The van der Waals surface area contributed by atoms with Gasteiger partial charge in [0.25, 0.3) is 0 Å². The van der Waals surface area contributed by atoms with E-state index in [1.807, 2.05) is 18.2 Å². The van der Waals surface area contributed by atoms with Crippen molar-refractivity contribution in [3.05, 3.63) is 35.9 Å². The van der Waals surface area contributed by atoms with E-state index in [-0.39, 0.29) is 11.8 Å². The molecule has 1 aliphatic heterocycles. The van der Waals surface area contributed by atoms with Crippen LogP contribution in [0.5, 0.6) is 0 Å². The van der Waals surface area contributed by atoms with Gasteiger partial charge >= 0.3 is 0 Å². The third kappa shape index (κ3) is 3.80. The summed E-state index contributed by atoms with van der Waals surface area (Å²) in [6.07, 6.45) is 2.09. The molecule has 1 aromatic carbocycles. The number of carbonyl (C=O) groups is 1. The van der Waals surface area contributed by atoms with Gasteiger partial charge < -0.3 is 10.6 Å². The molecule has 0 saturated carbocycles. The summed E-state index contributed by atoms with van der Waals surface area (Å²) in [5, 5.41) is 6.47. The van der Waals surface area contributed by atoms with E-state index in [0.29, 0.717) is 18.5 Å². The average Bonchev–Trinajstić information content (AvgIpc) is 2.46. The zero-order chi connectivity index (χ0) is 13.7. The van der Waals surface area contributed by atoms with Gasteiger partial charge in [0, 0.05) is 12.6 Å². The number of benzene rings is 1. The fraction of sp³-hybridized carbons (Fsp3) is 0.562. The van der Waals surface area contributed by atoms with Crippen LogP contribution in [0.1, 0.15) is 38.2 Å². The molecule has 1 saturated heterocycles. The van der Waals surface area contributed by atoms with Crippen LogP contribution < -0.4 is 10.6 Å². The molecular weight excluding hydrogens is 236 g/mol. The summed E-state index contributed by atoms with van der Waals surface area (Å²) in [5.41, 5.74) is 1.28. The third-order valence-corrected chi connectivity index (χ3v) is 4.05. The van der Waals surface area contributed by atoms with Crippen molar-refractivity contribution in [2.45, 2.75) is 38.6 Å². The molecule has 1 aromatic rings. The lowest BCUT2D eigenvalue weighted by Crippen LogP contribution is -2.47. The van der Waals surface area contributed by atoms with Crippen molar-refractivity contribution in [2.24, 2.45) is 5.92 Å². The quantitative estimate of drug-likeness (QED) is 0.872. The maximum absolute atomic E-state index is 12.2. The fourth-order valence-corrected chi connectivity index (χ4v) is 2.69. The first kappa shape index (κ1) is 14.1. The van der Waals surface area contributed by atoms with Crippen LogP contribution in [-0.2, 0) is 4.79 Å². The standard InChI is InChI=1S/C16H24N2O/c1-12(14-7-4-3-5-8-14)11-18-16(19)15-9-6-10-17-13(15)2/h3-5,7-8,12-13,15,17H,6,9-11H2,1-2H3,(H,18,19). The Kier molecular flexibility index (Phi) is 4.97. The van der Waals surface area contributed by atoms with Crippen LogP contribution in [0.2, 0.25) is 0 Å². The highest BCUT2D eigenvalue weighted by atomic mass is 16.1. The second kappa shape index (κ2) is 6.71.